The fraction of sp³-hybridized carbons (Fsp3) is 0.455. The molecule has 3 rings (SSSR count). The number of hydrogen-bond acceptors (Lipinski definition) is 4. The maximum atomic E-state index is 9.34. The molecule has 0 amide bonds. The van der Waals surface area contributed by atoms with Crippen molar-refractivity contribution in [3.8, 4) is 5.75 Å². The van der Waals surface area contributed by atoms with Crippen LogP contribution < -0.4 is 10.1 Å². The lowest BCUT2D eigenvalue weighted by molar-refractivity contribution is 0.191. The molecule has 2 aromatic rings. The van der Waals surface area contributed by atoms with Crippen LogP contribution in [0.25, 0.3) is 0 Å². The highest BCUT2D eigenvalue weighted by Crippen LogP contribution is 2.22. The second kappa shape index (κ2) is 9.72. The van der Waals surface area contributed by atoms with E-state index in [1.807, 2.05) is 6.07 Å². The van der Waals surface area contributed by atoms with Crippen molar-refractivity contribution in [2.45, 2.75) is 38.5 Å². The SMILES string of the molecule is COc1cc(CN2CCC(NCCc3ccccc3)CC2)ccc1CO. The van der Waals surface area contributed by atoms with E-state index < -0.39 is 0 Å². The fourth-order valence-electron chi connectivity index (χ4n) is 3.64. The largest absolute Gasteiger partial charge is 0.496 e. The molecule has 0 bridgehead atoms. The van der Waals surface area contributed by atoms with Crippen molar-refractivity contribution in [2.24, 2.45) is 0 Å². The van der Waals surface area contributed by atoms with Crippen LogP contribution in [0.5, 0.6) is 5.75 Å². The number of nitrogens with one attached hydrogen (secondary N) is 1. The van der Waals surface area contributed by atoms with E-state index in [9.17, 15) is 5.11 Å². The third-order valence-corrected chi connectivity index (χ3v) is 5.21. The lowest BCUT2D eigenvalue weighted by Gasteiger charge is -2.32. The van der Waals surface area contributed by atoms with Gasteiger partial charge in [-0.25, -0.2) is 0 Å². The summed E-state index contributed by atoms with van der Waals surface area (Å²) in [6.07, 6.45) is 3.49. The zero-order valence-electron chi connectivity index (χ0n) is 15.7. The van der Waals surface area contributed by atoms with Crippen LogP contribution in [-0.2, 0) is 19.6 Å². The second-order valence-corrected chi connectivity index (χ2v) is 7.04. The topological polar surface area (TPSA) is 44.7 Å². The minimum atomic E-state index is 0.0174. The average molecular weight is 354 g/mol. The molecule has 2 aromatic carbocycles. The Labute approximate surface area is 156 Å². The highest BCUT2D eigenvalue weighted by molar-refractivity contribution is 5.37. The van der Waals surface area contributed by atoms with Crippen LogP contribution in [-0.4, -0.2) is 42.8 Å². The van der Waals surface area contributed by atoms with E-state index >= 15 is 0 Å². The summed E-state index contributed by atoms with van der Waals surface area (Å²) in [6.45, 7) is 4.25. The Kier molecular flexibility index (Phi) is 7.06. The molecular weight excluding hydrogens is 324 g/mol. The van der Waals surface area contributed by atoms with Gasteiger partial charge in [-0.05, 0) is 56.1 Å². The predicted octanol–water partition coefficient (Wildman–Crippen LogP) is 2.98. The standard InChI is InChI=1S/C22H30N2O2/c1-26-22-15-19(7-8-20(22)17-25)16-24-13-10-21(11-14-24)23-12-9-18-5-3-2-4-6-18/h2-8,15,21,23,25H,9-14,16-17H2,1H3. The summed E-state index contributed by atoms with van der Waals surface area (Å²) in [4.78, 5) is 2.50. The van der Waals surface area contributed by atoms with Crippen molar-refractivity contribution < 1.29 is 9.84 Å². The first-order valence-electron chi connectivity index (χ1n) is 9.55. The molecule has 1 saturated heterocycles. The van der Waals surface area contributed by atoms with Crippen LogP contribution in [0.15, 0.2) is 48.5 Å². The van der Waals surface area contributed by atoms with Gasteiger partial charge in [0.1, 0.15) is 5.75 Å². The van der Waals surface area contributed by atoms with Gasteiger partial charge in [0.05, 0.1) is 13.7 Å². The first-order chi connectivity index (χ1) is 12.8. The van der Waals surface area contributed by atoms with Gasteiger partial charge in [0.15, 0.2) is 0 Å². The summed E-state index contributed by atoms with van der Waals surface area (Å²) in [5.41, 5.74) is 3.49. The third kappa shape index (κ3) is 5.31. The summed E-state index contributed by atoms with van der Waals surface area (Å²) in [5.74, 6) is 0.780. The molecule has 0 aromatic heterocycles. The molecule has 1 heterocycles. The van der Waals surface area contributed by atoms with Crippen LogP contribution in [0.4, 0.5) is 0 Å². The van der Waals surface area contributed by atoms with Gasteiger partial charge in [0.2, 0.25) is 0 Å². The van der Waals surface area contributed by atoms with Gasteiger partial charge in [-0.15, -0.1) is 0 Å². The molecule has 0 radical (unpaired) electrons. The first kappa shape index (κ1) is 18.9. The number of aliphatic hydroxyl groups excluding tert-OH is 1. The molecule has 2 N–H and O–H groups in total. The maximum Gasteiger partial charge on any atom is 0.124 e. The molecular formula is C22H30N2O2. The van der Waals surface area contributed by atoms with Crippen LogP contribution in [0.2, 0.25) is 0 Å². The van der Waals surface area contributed by atoms with E-state index in [1.54, 1.807) is 7.11 Å². The highest BCUT2D eigenvalue weighted by Gasteiger charge is 2.19. The number of rotatable bonds is 8. The summed E-state index contributed by atoms with van der Waals surface area (Å²) in [6, 6.07) is 17.4. The summed E-state index contributed by atoms with van der Waals surface area (Å²) in [5, 5.41) is 13.1. The molecule has 1 fully saturated rings. The Morgan fingerprint density at radius 2 is 1.85 bits per heavy atom. The van der Waals surface area contributed by atoms with E-state index in [1.165, 1.54) is 24.0 Å². The molecule has 0 aliphatic carbocycles. The Balaban J connectivity index is 1.41. The fourth-order valence-corrected chi connectivity index (χ4v) is 3.64. The molecule has 1 aliphatic rings. The molecule has 140 valence electrons. The molecule has 1 aliphatic heterocycles. The van der Waals surface area contributed by atoms with Crippen molar-refractivity contribution >= 4 is 0 Å². The van der Waals surface area contributed by atoms with E-state index in [0.717, 1.165) is 43.9 Å². The Morgan fingerprint density at radius 3 is 2.54 bits per heavy atom. The number of piperidine rings is 1. The molecule has 0 atom stereocenters. The minimum absolute atomic E-state index is 0.0174. The van der Waals surface area contributed by atoms with Crippen LogP contribution >= 0.6 is 0 Å². The highest BCUT2D eigenvalue weighted by atomic mass is 16.5. The summed E-state index contributed by atoms with van der Waals surface area (Å²) >= 11 is 0. The minimum Gasteiger partial charge on any atom is -0.496 e. The number of benzene rings is 2. The summed E-state index contributed by atoms with van der Waals surface area (Å²) in [7, 11) is 1.66. The summed E-state index contributed by atoms with van der Waals surface area (Å²) < 4.78 is 5.38. The number of ether oxygens (including phenoxy) is 1. The number of aliphatic hydroxyl groups is 1. The second-order valence-electron chi connectivity index (χ2n) is 7.04. The Hall–Kier alpha value is -1.88. The smallest absolute Gasteiger partial charge is 0.124 e. The lowest BCUT2D eigenvalue weighted by Crippen LogP contribution is -2.42. The van der Waals surface area contributed by atoms with Crippen molar-refractivity contribution in [3.63, 3.8) is 0 Å². The van der Waals surface area contributed by atoms with Crippen molar-refractivity contribution in [3.05, 3.63) is 65.2 Å². The van der Waals surface area contributed by atoms with Gasteiger partial charge < -0.3 is 15.2 Å². The zero-order chi connectivity index (χ0) is 18.2. The molecule has 26 heavy (non-hydrogen) atoms. The van der Waals surface area contributed by atoms with Crippen molar-refractivity contribution in [2.75, 3.05) is 26.7 Å². The average Bonchev–Trinajstić information content (AvgIpc) is 2.70. The first-order valence-corrected chi connectivity index (χ1v) is 9.55. The van der Waals surface area contributed by atoms with Gasteiger partial charge in [0, 0.05) is 18.2 Å². The number of nitrogens with zero attached hydrogens (tertiary/aromatic N) is 1. The quantitative estimate of drug-likeness (QED) is 0.765. The van der Waals surface area contributed by atoms with E-state index in [4.69, 9.17) is 4.74 Å². The zero-order valence-corrected chi connectivity index (χ0v) is 15.7. The Morgan fingerprint density at radius 1 is 1.08 bits per heavy atom. The van der Waals surface area contributed by atoms with E-state index in [0.29, 0.717) is 6.04 Å². The number of likely N-dealkylation sites (tertiary alicyclic amines) is 1. The molecule has 0 spiro atoms. The molecule has 0 unspecified atom stereocenters. The van der Waals surface area contributed by atoms with Crippen LogP contribution in [0, 0.1) is 0 Å². The third-order valence-electron chi connectivity index (χ3n) is 5.21. The van der Waals surface area contributed by atoms with Gasteiger partial charge >= 0.3 is 0 Å². The van der Waals surface area contributed by atoms with Gasteiger partial charge in [-0.2, -0.15) is 0 Å². The monoisotopic (exact) mass is 354 g/mol. The van der Waals surface area contributed by atoms with Gasteiger partial charge in [-0.3, -0.25) is 4.90 Å². The van der Waals surface area contributed by atoms with Crippen LogP contribution in [0.1, 0.15) is 29.5 Å². The predicted molar refractivity (Wildman–Crippen MR) is 105 cm³/mol. The Bertz CT molecular complexity index is 667. The number of hydrogen-bond donors (Lipinski definition) is 2. The van der Waals surface area contributed by atoms with Gasteiger partial charge in [-0.1, -0.05) is 42.5 Å². The van der Waals surface area contributed by atoms with Crippen LogP contribution in [0.3, 0.4) is 0 Å². The maximum absolute atomic E-state index is 9.34. The molecule has 4 heteroatoms. The lowest BCUT2D eigenvalue weighted by atomic mass is 10.0. The van der Waals surface area contributed by atoms with E-state index in [-0.39, 0.29) is 6.61 Å². The van der Waals surface area contributed by atoms with Crippen molar-refractivity contribution in [1.82, 2.24) is 10.2 Å². The molecule has 0 saturated carbocycles. The van der Waals surface area contributed by atoms with E-state index in [2.05, 4.69) is 52.7 Å². The van der Waals surface area contributed by atoms with Gasteiger partial charge in [0.25, 0.3) is 0 Å². The number of methoxy groups -OCH3 is 1. The molecule has 4 nitrogen and oxygen atoms in total. The van der Waals surface area contributed by atoms with Crippen molar-refractivity contribution in [1.29, 1.82) is 0 Å². The normalized spacial score (nSPS) is 15.9.